The molecule has 0 aromatic carbocycles. The van der Waals surface area contributed by atoms with E-state index in [4.69, 9.17) is 4.74 Å². The number of piperidine rings is 1. The molecule has 2 atom stereocenters. The molecule has 2 saturated heterocycles. The molecule has 18 heavy (non-hydrogen) atoms. The maximum Gasteiger partial charge on any atom is 0.0644 e. The topological polar surface area (TPSA) is 24.5 Å². The molecule has 2 aliphatic rings. The van der Waals surface area contributed by atoms with Gasteiger partial charge in [-0.2, -0.15) is 0 Å². The first-order valence-corrected chi connectivity index (χ1v) is 7.63. The molecule has 2 unspecified atom stereocenters. The maximum atomic E-state index is 5.47. The minimum Gasteiger partial charge on any atom is -0.383 e. The molecule has 0 aromatic heterocycles. The van der Waals surface area contributed by atoms with Crippen LogP contribution in [0.2, 0.25) is 0 Å². The SMILES string of the molecule is COCC1(CC2CCCN(C(C)C)C2)CCCN1. The second kappa shape index (κ2) is 6.36. The highest BCUT2D eigenvalue weighted by Crippen LogP contribution is 2.32. The molecule has 106 valence electrons. The molecule has 2 aliphatic heterocycles. The van der Waals surface area contributed by atoms with Crippen molar-refractivity contribution in [3.63, 3.8) is 0 Å². The van der Waals surface area contributed by atoms with Gasteiger partial charge in [0, 0.05) is 25.2 Å². The minimum absolute atomic E-state index is 0.277. The third-order valence-corrected chi connectivity index (χ3v) is 4.71. The first-order chi connectivity index (χ1) is 8.65. The second-order valence-corrected chi connectivity index (χ2v) is 6.54. The van der Waals surface area contributed by atoms with Crippen LogP contribution in [0.5, 0.6) is 0 Å². The molecular weight excluding hydrogens is 224 g/mol. The summed E-state index contributed by atoms with van der Waals surface area (Å²) < 4.78 is 5.47. The van der Waals surface area contributed by atoms with Gasteiger partial charge in [0.15, 0.2) is 0 Å². The summed E-state index contributed by atoms with van der Waals surface area (Å²) in [6.07, 6.45) is 6.66. The number of rotatable bonds is 5. The number of methoxy groups -OCH3 is 1. The average Bonchev–Trinajstić information content (AvgIpc) is 2.78. The molecule has 2 fully saturated rings. The molecule has 2 heterocycles. The number of nitrogens with zero attached hydrogens (tertiary/aromatic N) is 1. The van der Waals surface area contributed by atoms with E-state index in [1.165, 1.54) is 51.7 Å². The molecule has 0 spiro atoms. The predicted molar refractivity (Wildman–Crippen MR) is 75.9 cm³/mol. The van der Waals surface area contributed by atoms with Crippen LogP contribution in [0, 0.1) is 5.92 Å². The summed E-state index contributed by atoms with van der Waals surface area (Å²) in [4.78, 5) is 2.64. The van der Waals surface area contributed by atoms with E-state index in [1.54, 1.807) is 0 Å². The summed E-state index contributed by atoms with van der Waals surface area (Å²) >= 11 is 0. The molecule has 0 aliphatic carbocycles. The van der Waals surface area contributed by atoms with Crippen molar-refractivity contribution in [1.29, 1.82) is 0 Å². The molecule has 0 aromatic rings. The zero-order valence-corrected chi connectivity index (χ0v) is 12.4. The predicted octanol–water partition coefficient (Wildman–Crippen LogP) is 2.27. The van der Waals surface area contributed by atoms with E-state index in [1.807, 2.05) is 7.11 Å². The number of nitrogens with one attached hydrogen (secondary N) is 1. The quantitative estimate of drug-likeness (QED) is 0.814. The number of ether oxygens (including phenoxy) is 1. The first-order valence-electron chi connectivity index (χ1n) is 7.63. The molecule has 3 heteroatoms. The molecule has 2 rings (SSSR count). The lowest BCUT2D eigenvalue weighted by Crippen LogP contribution is -2.49. The zero-order valence-electron chi connectivity index (χ0n) is 12.4. The van der Waals surface area contributed by atoms with Gasteiger partial charge in [0.1, 0.15) is 0 Å². The highest BCUT2D eigenvalue weighted by molar-refractivity contribution is 4.95. The summed E-state index contributed by atoms with van der Waals surface area (Å²) in [7, 11) is 1.84. The Morgan fingerprint density at radius 2 is 2.22 bits per heavy atom. The van der Waals surface area contributed by atoms with Crippen LogP contribution in [0.25, 0.3) is 0 Å². The lowest BCUT2D eigenvalue weighted by molar-refractivity contribution is 0.0738. The molecule has 0 amide bonds. The molecular formula is C15H30N2O. The van der Waals surface area contributed by atoms with E-state index in [0.717, 1.165) is 12.5 Å². The lowest BCUT2D eigenvalue weighted by Gasteiger charge is -2.40. The van der Waals surface area contributed by atoms with Gasteiger partial charge in [0.25, 0.3) is 0 Å². The third kappa shape index (κ3) is 3.46. The summed E-state index contributed by atoms with van der Waals surface area (Å²) in [5.41, 5.74) is 0.277. The summed E-state index contributed by atoms with van der Waals surface area (Å²) in [5, 5.41) is 3.72. The van der Waals surface area contributed by atoms with Crippen molar-refractivity contribution in [3.05, 3.63) is 0 Å². The maximum absolute atomic E-state index is 5.47. The van der Waals surface area contributed by atoms with E-state index in [0.29, 0.717) is 6.04 Å². The first kappa shape index (κ1) is 14.3. The van der Waals surface area contributed by atoms with Crippen molar-refractivity contribution < 1.29 is 4.74 Å². The number of hydrogen-bond donors (Lipinski definition) is 1. The van der Waals surface area contributed by atoms with Gasteiger partial charge >= 0.3 is 0 Å². The molecule has 3 nitrogen and oxygen atoms in total. The molecule has 1 N–H and O–H groups in total. The summed E-state index contributed by atoms with van der Waals surface area (Å²) in [6, 6.07) is 0.697. The molecule has 0 bridgehead atoms. The standard InChI is InChI=1S/C15H30N2O/c1-13(2)17-9-4-6-14(11-17)10-15(12-18-3)7-5-8-16-15/h13-14,16H,4-12H2,1-3H3. The zero-order chi connectivity index (χ0) is 13.0. The normalized spacial score (nSPS) is 34.3. The van der Waals surface area contributed by atoms with Crippen LogP contribution in [-0.2, 0) is 4.74 Å². The summed E-state index contributed by atoms with van der Waals surface area (Å²) in [5.74, 6) is 0.849. The Balaban J connectivity index is 1.90. The lowest BCUT2D eigenvalue weighted by atomic mass is 9.82. The van der Waals surface area contributed by atoms with Crippen molar-refractivity contribution in [1.82, 2.24) is 10.2 Å². The van der Waals surface area contributed by atoms with Crippen molar-refractivity contribution in [2.45, 2.75) is 57.5 Å². The Morgan fingerprint density at radius 1 is 1.39 bits per heavy atom. The molecule has 0 saturated carbocycles. The number of hydrogen-bond acceptors (Lipinski definition) is 3. The van der Waals surface area contributed by atoms with Crippen LogP contribution < -0.4 is 5.32 Å². The molecule has 0 radical (unpaired) electrons. The second-order valence-electron chi connectivity index (χ2n) is 6.54. The van der Waals surface area contributed by atoms with Crippen LogP contribution in [0.4, 0.5) is 0 Å². The number of likely N-dealkylation sites (tertiary alicyclic amines) is 1. The van der Waals surface area contributed by atoms with E-state index >= 15 is 0 Å². The highest BCUT2D eigenvalue weighted by atomic mass is 16.5. The van der Waals surface area contributed by atoms with E-state index in [9.17, 15) is 0 Å². The fourth-order valence-corrected chi connectivity index (χ4v) is 3.79. The Kier molecular flexibility index (Phi) is 5.05. The van der Waals surface area contributed by atoms with Crippen molar-refractivity contribution in [2.24, 2.45) is 5.92 Å². The van der Waals surface area contributed by atoms with Gasteiger partial charge < -0.3 is 15.0 Å². The van der Waals surface area contributed by atoms with Crippen molar-refractivity contribution >= 4 is 0 Å². The average molecular weight is 254 g/mol. The summed E-state index contributed by atoms with van der Waals surface area (Å²) in [6.45, 7) is 9.26. The largest absolute Gasteiger partial charge is 0.383 e. The Bertz CT molecular complexity index is 249. The van der Waals surface area contributed by atoms with E-state index < -0.39 is 0 Å². The van der Waals surface area contributed by atoms with Crippen LogP contribution in [0.1, 0.15) is 46.0 Å². The minimum atomic E-state index is 0.277. The monoisotopic (exact) mass is 254 g/mol. The van der Waals surface area contributed by atoms with Gasteiger partial charge in [0.05, 0.1) is 6.61 Å². The van der Waals surface area contributed by atoms with E-state index in [2.05, 4.69) is 24.1 Å². The van der Waals surface area contributed by atoms with Crippen LogP contribution in [0.3, 0.4) is 0 Å². The van der Waals surface area contributed by atoms with Crippen molar-refractivity contribution in [2.75, 3.05) is 33.4 Å². The van der Waals surface area contributed by atoms with Gasteiger partial charge in [-0.3, -0.25) is 0 Å². The van der Waals surface area contributed by atoms with Gasteiger partial charge in [-0.05, 0) is 65.0 Å². The van der Waals surface area contributed by atoms with Crippen LogP contribution in [-0.4, -0.2) is 49.8 Å². The van der Waals surface area contributed by atoms with Gasteiger partial charge in [-0.15, -0.1) is 0 Å². The van der Waals surface area contributed by atoms with Gasteiger partial charge in [-0.25, -0.2) is 0 Å². The smallest absolute Gasteiger partial charge is 0.0644 e. The van der Waals surface area contributed by atoms with Gasteiger partial charge in [-0.1, -0.05) is 0 Å². The van der Waals surface area contributed by atoms with Crippen molar-refractivity contribution in [3.8, 4) is 0 Å². The van der Waals surface area contributed by atoms with Crippen LogP contribution >= 0.6 is 0 Å². The Hall–Kier alpha value is -0.120. The highest BCUT2D eigenvalue weighted by Gasteiger charge is 2.37. The van der Waals surface area contributed by atoms with Crippen LogP contribution in [0.15, 0.2) is 0 Å². The van der Waals surface area contributed by atoms with Gasteiger partial charge in [0.2, 0.25) is 0 Å². The fraction of sp³-hybridized carbons (Fsp3) is 1.00. The Morgan fingerprint density at radius 3 is 2.83 bits per heavy atom. The third-order valence-electron chi connectivity index (χ3n) is 4.71. The Labute approximate surface area is 112 Å². The fourth-order valence-electron chi connectivity index (χ4n) is 3.79. The van der Waals surface area contributed by atoms with E-state index in [-0.39, 0.29) is 5.54 Å².